The summed E-state index contributed by atoms with van der Waals surface area (Å²) in [4.78, 5) is 21.7. The van der Waals surface area contributed by atoms with E-state index in [9.17, 15) is 35.9 Å². The summed E-state index contributed by atoms with van der Waals surface area (Å²) >= 11 is 0. The van der Waals surface area contributed by atoms with E-state index >= 15 is 0 Å². The maximum absolute atomic E-state index is 11.2. The first-order chi connectivity index (χ1) is 10.8. The molecule has 0 spiro atoms. The van der Waals surface area contributed by atoms with E-state index in [-0.39, 0.29) is 0 Å². The van der Waals surface area contributed by atoms with Gasteiger partial charge in [0.2, 0.25) is 0 Å². The van der Waals surface area contributed by atoms with Gasteiger partial charge in [0.15, 0.2) is 0 Å². The number of esters is 2. The zero-order valence-corrected chi connectivity index (χ0v) is 15.5. The highest BCUT2D eigenvalue weighted by Gasteiger charge is 2.49. The van der Waals surface area contributed by atoms with E-state index in [0.717, 1.165) is 0 Å². The second kappa shape index (κ2) is 14.7. The number of hydrogen-bond acceptors (Lipinski definition) is 6. The Morgan fingerprint density at radius 2 is 1.04 bits per heavy atom. The number of nitrogens with zero attached hydrogens (tertiary/aromatic N) is 1. The zero-order valence-electron chi connectivity index (χ0n) is 13.9. The number of alkyl halides is 6. The summed E-state index contributed by atoms with van der Waals surface area (Å²) in [5.41, 5.74) is 0. The van der Waals surface area contributed by atoms with Gasteiger partial charge in [0.1, 0.15) is 0 Å². The molecule has 0 saturated carbocycles. The van der Waals surface area contributed by atoms with Crippen molar-refractivity contribution in [2.45, 2.75) is 33.1 Å². The summed E-state index contributed by atoms with van der Waals surface area (Å²) in [5, 5.41) is 0. The van der Waals surface area contributed by atoms with Gasteiger partial charge in [-0.25, -0.2) is 9.59 Å². The molecule has 0 aliphatic heterocycles. The van der Waals surface area contributed by atoms with E-state index in [1.54, 1.807) is 21.6 Å². The molecule has 12 heteroatoms. The van der Waals surface area contributed by atoms with Crippen LogP contribution >= 0.6 is 21.6 Å². The van der Waals surface area contributed by atoms with Gasteiger partial charge in [-0.2, -0.15) is 26.3 Å². The number of rotatable bonds is 4. The average molecular weight is 405 g/mol. The minimum absolute atomic E-state index is 1.19. The maximum atomic E-state index is 11.2. The molecule has 0 aromatic carbocycles. The normalized spacial score (nSPS) is 11.0. The molecule has 0 aliphatic carbocycles. The first kappa shape index (κ1) is 28.2. The van der Waals surface area contributed by atoms with Gasteiger partial charge in [-0.1, -0.05) is 42.4 Å². The molecule has 0 saturated heterocycles. The summed E-state index contributed by atoms with van der Waals surface area (Å²) < 4.78 is 69.7. The summed E-state index contributed by atoms with van der Waals surface area (Å²) in [6, 6.07) is 0. The third-order valence-corrected chi connectivity index (χ3v) is 3.49. The molecule has 0 unspecified atom stereocenters. The molecule has 0 aliphatic rings. The Bertz CT molecular complexity index is 315. The number of carbonyl (C=O) groups is 2. The lowest BCUT2D eigenvalue weighted by molar-refractivity contribution is -0.221. The van der Waals surface area contributed by atoms with Crippen LogP contribution in [0.15, 0.2) is 0 Å². The SMILES string of the molecule is CCN(CC)CC.CSSC.O=C(OC(=O)C(F)(F)F)C(F)(F)F. The number of ether oxygens (including phenoxy) is 1. The summed E-state index contributed by atoms with van der Waals surface area (Å²) in [7, 11) is 3.55. The minimum atomic E-state index is -5.62. The van der Waals surface area contributed by atoms with Crippen molar-refractivity contribution in [3.63, 3.8) is 0 Å². The van der Waals surface area contributed by atoms with Gasteiger partial charge >= 0.3 is 24.3 Å². The standard InChI is InChI=1S/C6H15N.C4F6O3.C2H6S2/c1-4-7(5-2)6-3;5-3(6,7)1(11)13-2(12)4(8,9)10;1-3-4-2/h4-6H2,1-3H3;;1-2H3. The second-order valence-electron chi connectivity index (χ2n) is 3.63. The lowest BCUT2D eigenvalue weighted by atomic mass is 10.5. The van der Waals surface area contributed by atoms with Gasteiger partial charge in [0.05, 0.1) is 0 Å². The van der Waals surface area contributed by atoms with Crippen LogP contribution in [0.4, 0.5) is 26.3 Å². The monoisotopic (exact) mass is 405 g/mol. The smallest absolute Gasteiger partial charge is 0.380 e. The molecule has 0 fully saturated rings. The molecule has 0 aromatic rings. The first-order valence-corrected chi connectivity index (χ1v) is 9.47. The van der Waals surface area contributed by atoms with Gasteiger partial charge in [-0.15, -0.1) is 0 Å². The van der Waals surface area contributed by atoms with Crippen LogP contribution in [-0.2, 0) is 14.3 Å². The highest BCUT2D eigenvalue weighted by atomic mass is 33.1. The highest BCUT2D eigenvalue weighted by Crippen LogP contribution is 2.21. The molecule has 0 atom stereocenters. The number of halogens is 6. The topological polar surface area (TPSA) is 46.6 Å². The average Bonchev–Trinajstić information content (AvgIpc) is 2.48. The van der Waals surface area contributed by atoms with Gasteiger partial charge in [0.25, 0.3) is 0 Å². The molecule has 0 radical (unpaired) electrons. The van der Waals surface area contributed by atoms with Crippen LogP contribution in [0.25, 0.3) is 0 Å². The van der Waals surface area contributed by atoms with Gasteiger partial charge < -0.3 is 9.64 Å². The van der Waals surface area contributed by atoms with Crippen molar-refractivity contribution in [3.05, 3.63) is 0 Å². The Morgan fingerprint density at radius 3 is 1.12 bits per heavy atom. The Morgan fingerprint density at radius 1 is 0.792 bits per heavy atom. The predicted octanol–water partition coefficient (Wildman–Crippen LogP) is 4.16. The molecule has 0 rings (SSSR count). The van der Waals surface area contributed by atoms with Crippen LogP contribution < -0.4 is 0 Å². The van der Waals surface area contributed by atoms with E-state index in [1.807, 2.05) is 0 Å². The van der Waals surface area contributed by atoms with Crippen molar-refractivity contribution < 1.29 is 40.7 Å². The fourth-order valence-corrected chi connectivity index (χ4v) is 0.871. The quantitative estimate of drug-likeness (QED) is 0.303. The largest absolute Gasteiger partial charge is 0.491 e. The van der Waals surface area contributed by atoms with Crippen LogP contribution in [-0.4, -0.2) is 61.3 Å². The van der Waals surface area contributed by atoms with Crippen molar-refractivity contribution in [1.29, 1.82) is 0 Å². The molecule has 0 heterocycles. The van der Waals surface area contributed by atoms with Gasteiger partial charge in [-0.05, 0) is 32.1 Å². The lowest BCUT2D eigenvalue weighted by Crippen LogP contribution is -2.34. The number of carbonyl (C=O) groups excluding carboxylic acids is 2. The van der Waals surface area contributed by atoms with Crippen molar-refractivity contribution >= 4 is 33.5 Å². The zero-order chi connectivity index (χ0) is 20.0. The van der Waals surface area contributed by atoms with Crippen LogP contribution in [0.5, 0.6) is 0 Å². The van der Waals surface area contributed by atoms with Crippen LogP contribution in [0, 0.1) is 0 Å². The van der Waals surface area contributed by atoms with E-state index in [0.29, 0.717) is 0 Å². The molecule has 0 amide bonds. The summed E-state index contributed by atoms with van der Waals surface area (Å²) in [5.74, 6) is -6.40. The molecule has 4 nitrogen and oxygen atoms in total. The Labute approximate surface area is 145 Å². The number of hydrogen-bond donors (Lipinski definition) is 0. The molecule has 0 bridgehead atoms. The predicted molar refractivity (Wildman–Crippen MR) is 83.7 cm³/mol. The highest BCUT2D eigenvalue weighted by molar-refractivity contribution is 8.76. The van der Waals surface area contributed by atoms with Crippen LogP contribution in [0.2, 0.25) is 0 Å². The van der Waals surface area contributed by atoms with E-state index < -0.39 is 24.3 Å². The van der Waals surface area contributed by atoms with Gasteiger partial charge in [-0.3, -0.25) is 0 Å². The molecular weight excluding hydrogens is 384 g/mol. The maximum Gasteiger partial charge on any atom is 0.491 e. The Balaban J connectivity index is -0.000000335. The third-order valence-electron chi connectivity index (χ3n) is 2.16. The van der Waals surface area contributed by atoms with Gasteiger partial charge in [0, 0.05) is 0 Å². The first-order valence-electron chi connectivity index (χ1n) is 6.50. The Kier molecular flexibility index (Phi) is 17.3. The second-order valence-corrected chi connectivity index (χ2v) is 6.29. The lowest BCUT2D eigenvalue weighted by Gasteiger charge is -2.13. The molecule has 146 valence electrons. The molecule has 0 N–H and O–H groups in total. The summed E-state index contributed by atoms with van der Waals surface area (Å²) in [6.07, 6.45) is -7.13. The van der Waals surface area contributed by atoms with Crippen molar-refractivity contribution in [2.24, 2.45) is 0 Å². The Hall–Kier alpha value is -0.620. The third kappa shape index (κ3) is 17.7. The van der Waals surface area contributed by atoms with Crippen molar-refractivity contribution in [1.82, 2.24) is 4.90 Å². The molecule has 0 aromatic heterocycles. The van der Waals surface area contributed by atoms with E-state index in [2.05, 4.69) is 42.9 Å². The van der Waals surface area contributed by atoms with E-state index in [1.165, 1.54) is 19.6 Å². The minimum Gasteiger partial charge on any atom is -0.380 e. The molecule has 24 heavy (non-hydrogen) atoms. The molecular formula is C12H21F6NO3S2. The van der Waals surface area contributed by atoms with Crippen molar-refractivity contribution in [2.75, 3.05) is 32.1 Å². The summed E-state index contributed by atoms with van der Waals surface area (Å²) in [6.45, 7) is 10.1. The van der Waals surface area contributed by atoms with E-state index in [4.69, 9.17) is 0 Å². The fourth-order valence-electron chi connectivity index (χ4n) is 0.871. The van der Waals surface area contributed by atoms with Crippen molar-refractivity contribution in [3.8, 4) is 0 Å². The van der Waals surface area contributed by atoms with Crippen LogP contribution in [0.1, 0.15) is 20.8 Å². The van der Waals surface area contributed by atoms with Crippen LogP contribution in [0.3, 0.4) is 0 Å². The fraction of sp³-hybridized carbons (Fsp3) is 0.833.